The Morgan fingerprint density at radius 3 is 2.50 bits per heavy atom. The summed E-state index contributed by atoms with van der Waals surface area (Å²) in [6.07, 6.45) is 10.7. The maximum Gasteiger partial charge on any atom is 0.220 e. The van der Waals surface area contributed by atoms with Crippen molar-refractivity contribution >= 4 is 5.91 Å². The van der Waals surface area contributed by atoms with E-state index >= 15 is 0 Å². The van der Waals surface area contributed by atoms with Gasteiger partial charge >= 0.3 is 0 Å². The minimum absolute atomic E-state index is 0.0103. The van der Waals surface area contributed by atoms with Gasteiger partial charge in [0.15, 0.2) is 0 Å². The van der Waals surface area contributed by atoms with E-state index in [2.05, 4.69) is 5.32 Å². The van der Waals surface area contributed by atoms with E-state index in [1.807, 2.05) is 0 Å². The van der Waals surface area contributed by atoms with E-state index in [-0.39, 0.29) is 11.4 Å². The molecule has 0 aliphatic heterocycles. The molecule has 0 unspecified atom stereocenters. The van der Waals surface area contributed by atoms with Gasteiger partial charge in [0.25, 0.3) is 0 Å². The van der Waals surface area contributed by atoms with Crippen molar-refractivity contribution in [1.82, 2.24) is 5.32 Å². The van der Waals surface area contributed by atoms with E-state index in [4.69, 9.17) is 5.73 Å². The van der Waals surface area contributed by atoms with Crippen LogP contribution in [0.15, 0.2) is 0 Å². The molecule has 1 amide bonds. The van der Waals surface area contributed by atoms with Crippen LogP contribution >= 0.6 is 0 Å². The average Bonchev–Trinajstić information content (AvgIpc) is 3.08. The molecule has 0 aromatic heterocycles. The molecule has 0 atom stereocenters. The first-order chi connectivity index (χ1) is 7.74. The van der Waals surface area contributed by atoms with Crippen LogP contribution < -0.4 is 11.1 Å². The molecular formula is C13H24N2O. The zero-order chi connectivity index (χ0) is 11.4. The molecule has 0 bridgehead atoms. The highest BCUT2D eigenvalue weighted by Gasteiger charge is 2.42. The van der Waals surface area contributed by atoms with Crippen LogP contribution in [0.3, 0.4) is 0 Å². The monoisotopic (exact) mass is 224 g/mol. The lowest BCUT2D eigenvalue weighted by Gasteiger charge is -2.22. The van der Waals surface area contributed by atoms with Gasteiger partial charge in [-0.15, -0.1) is 0 Å². The number of rotatable bonds is 5. The molecule has 16 heavy (non-hydrogen) atoms. The molecular weight excluding hydrogens is 200 g/mol. The number of amides is 1. The molecule has 0 saturated heterocycles. The van der Waals surface area contributed by atoms with Crippen molar-refractivity contribution < 1.29 is 4.79 Å². The number of carbonyl (C=O) groups is 1. The number of hydrogen-bond acceptors (Lipinski definition) is 2. The van der Waals surface area contributed by atoms with Crippen molar-refractivity contribution in [2.75, 3.05) is 6.54 Å². The Kier molecular flexibility index (Phi) is 3.85. The fourth-order valence-electron chi connectivity index (χ4n) is 2.70. The fraction of sp³-hybridized carbons (Fsp3) is 0.923. The second-order valence-corrected chi connectivity index (χ2v) is 5.58. The number of nitrogens with one attached hydrogen (secondary N) is 1. The lowest BCUT2D eigenvalue weighted by atomic mass is 9.86. The highest BCUT2D eigenvalue weighted by molar-refractivity contribution is 5.77. The van der Waals surface area contributed by atoms with E-state index in [1.54, 1.807) is 0 Å². The first kappa shape index (κ1) is 11.9. The quantitative estimate of drug-likeness (QED) is 0.750. The third-order valence-corrected chi connectivity index (χ3v) is 4.15. The average molecular weight is 224 g/mol. The Morgan fingerprint density at radius 1 is 1.25 bits per heavy atom. The molecule has 0 aromatic carbocycles. The Bertz CT molecular complexity index is 242. The van der Waals surface area contributed by atoms with Crippen molar-refractivity contribution in [2.24, 2.45) is 11.7 Å². The smallest absolute Gasteiger partial charge is 0.220 e. The number of hydrogen-bond donors (Lipinski definition) is 2. The van der Waals surface area contributed by atoms with Crippen LogP contribution in [0, 0.1) is 5.92 Å². The highest BCUT2D eigenvalue weighted by atomic mass is 16.1. The van der Waals surface area contributed by atoms with Gasteiger partial charge < -0.3 is 11.1 Å². The first-order valence-corrected chi connectivity index (χ1v) is 6.75. The van der Waals surface area contributed by atoms with E-state index in [1.165, 1.54) is 32.1 Å². The summed E-state index contributed by atoms with van der Waals surface area (Å²) in [5, 5.41) is 3.09. The molecule has 2 fully saturated rings. The molecule has 2 rings (SSSR count). The van der Waals surface area contributed by atoms with Gasteiger partial charge in [-0.1, -0.05) is 32.1 Å². The van der Waals surface area contributed by atoms with Crippen LogP contribution in [0.1, 0.15) is 57.8 Å². The summed E-state index contributed by atoms with van der Waals surface area (Å²) >= 11 is 0. The summed E-state index contributed by atoms with van der Waals surface area (Å²) in [5.74, 6) is 1.01. The first-order valence-electron chi connectivity index (χ1n) is 6.75. The second-order valence-electron chi connectivity index (χ2n) is 5.58. The van der Waals surface area contributed by atoms with E-state index < -0.39 is 0 Å². The summed E-state index contributed by atoms with van der Waals surface area (Å²) in [4.78, 5) is 11.7. The third kappa shape index (κ3) is 3.21. The zero-order valence-electron chi connectivity index (χ0n) is 10.1. The van der Waals surface area contributed by atoms with E-state index in [0.717, 1.165) is 25.2 Å². The molecule has 2 saturated carbocycles. The van der Waals surface area contributed by atoms with E-state index in [0.29, 0.717) is 13.0 Å². The Labute approximate surface area is 98.2 Å². The van der Waals surface area contributed by atoms with Crippen molar-refractivity contribution in [2.45, 2.75) is 63.3 Å². The maximum atomic E-state index is 11.7. The molecule has 3 N–H and O–H groups in total. The van der Waals surface area contributed by atoms with Crippen LogP contribution in [0.25, 0.3) is 0 Å². The SMILES string of the molecule is NCC1(NC(=O)CCC2CCCCC2)CC1. The maximum absolute atomic E-state index is 11.7. The fourth-order valence-corrected chi connectivity index (χ4v) is 2.70. The standard InChI is InChI=1S/C13H24N2O/c14-10-13(8-9-13)15-12(16)7-6-11-4-2-1-3-5-11/h11H,1-10,14H2,(H,15,16). The molecule has 92 valence electrons. The van der Waals surface area contributed by atoms with Gasteiger partial charge in [0, 0.05) is 13.0 Å². The van der Waals surface area contributed by atoms with Crippen molar-refractivity contribution in [1.29, 1.82) is 0 Å². The Morgan fingerprint density at radius 2 is 1.94 bits per heavy atom. The van der Waals surface area contributed by atoms with Gasteiger partial charge in [-0.2, -0.15) is 0 Å². The minimum Gasteiger partial charge on any atom is -0.349 e. The molecule has 0 radical (unpaired) electrons. The number of carbonyl (C=O) groups excluding carboxylic acids is 1. The van der Waals surface area contributed by atoms with E-state index in [9.17, 15) is 4.79 Å². The zero-order valence-corrected chi connectivity index (χ0v) is 10.1. The van der Waals surface area contributed by atoms with Crippen LogP contribution in [0.2, 0.25) is 0 Å². The summed E-state index contributed by atoms with van der Waals surface area (Å²) in [6, 6.07) is 0. The summed E-state index contributed by atoms with van der Waals surface area (Å²) < 4.78 is 0. The van der Waals surface area contributed by atoms with Gasteiger partial charge in [0.05, 0.1) is 5.54 Å². The lowest BCUT2D eigenvalue weighted by molar-refractivity contribution is -0.122. The number of nitrogens with two attached hydrogens (primary N) is 1. The molecule has 2 aliphatic rings. The van der Waals surface area contributed by atoms with Gasteiger partial charge in [-0.25, -0.2) is 0 Å². The van der Waals surface area contributed by atoms with Gasteiger partial charge in [0.2, 0.25) is 5.91 Å². The Balaban J connectivity index is 1.63. The van der Waals surface area contributed by atoms with Crippen LogP contribution in [-0.2, 0) is 4.79 Å². The predicted octanol–water partition coefficient (Wildman–Crippen LogP) is 1.95. The summed E-state index contributed by atoms with van der Waals surface area (Å²) in [5.41, 5.74) is 5.63. The molecule has 0 aromatic rings. The highest BCUT2D eigenvalue weighted by Crippen LogP contribution is 2.34. The van der Waals surface area contributed by atoms with Crippen molar-refractivity contribution in [3.8, 4) is 0 Å². The van der Waals surface area contributed by atoms with Gasteiger partial charge in [0.1, 0.15) is 0 Å². The predicted molar refractivity (Wildman–Crippen MR) is 65.0 cm³/mol. The third-order valence-electron chi connectivity index (χ3n) is 4.15. The topological polar surface area (TPSA) is 55.1 Å². The Hall–Kier alpha value is -0.570. The largest absolute Gasteiger partial charge is 0.349 e. The van der Waals surface area contributed by atoms with Gasteiger partial charge in [-0.05, 0) is 25.2 Å². The normalized spacial score (nSPS) is 24.1. The van der Waals surface area contributed by atoms with Gasteiger partial charge in [-0.3, -0.25) is 4.79 Å². The molecule has 0 heterocycles. The molecule has 3 nitrogen and oxygen atoms in total. The molecule has 0 spiro atoms. The van der Waals surface area contributed by atoms with Crippen molar-refractivity contribution in [3.05, 3.63) is 0 Å². The second kappa shape index (κ2) is 5.17. The van der Waals surface area contributed by atoms with Crippen molar-refractivity contribution in [3.63, 3.8) is 0 Å². The van der Waals surface area contributed by atoms with Crippen LogP contribution in [-0.4, -0.2) is 18.0 Å². The lowest BCUT2D eigenvalue weighted by Crippen LogP contribution is -2.42. The molecule has 2 aliphatic carbocycles. The summed E-state index contributed by atoms with van der Waals surface area (Å²) in [7, 11) is 0. The summed E-state index contributed by atoms with van der Waals surface area (Å²) in [6.45, 7) is 0.599. The molecule has 3 heteroatoms. The minimum atomic E-state index is -0.0103. The van der Waals surface area contributed by atoms with Crippen LogP contribution in [0.4, 0.5) is 0 Å². The van der Waals surface area contributed by atoms with Crippen LogP contribution in [0.5, 0.6) is 0 Å².